The molecule has 0 aliphatic carbocycles. The smallest absolute Gasteiger partial charge is 0.271 e. The molecule has 162 valence electrons. The molecule has 2 aromatic rings. The van der Waals surface area contributed by atoms with Crippen molar-refractivity contribution in [1.29, 1.82) is 0 Å². The Labute approximate surface area is 185 Å². The number of nitrogens with zero attached hydrogens (tertiary/aromatic N) is 1. The van der Waals surface area contributed by atoms with E-state index in [1.165, 1.54) is 6.21 Å². The van der Waals surface area contributed by atoms with Gasteiger partial charge in [0.2, 0.25) is 0 Å². The van der Waals surface area contributed by atoms with E-state index in [-0.39, 0.29) is 5.91 Å². The predicted octanol–water partition coefficient (Wildman–Crippen LogP) is 4.81. The third-order valence-corrected chi connectivity index (χ3v) is 4.48. The molecule has 0 spiro atoms. The number of rotatable bonds is 11. The van der Waals surface area contributed by atoms with Gasteiger partial charge in [-0.1, -0.05) is 6.92 Å². The first-order valence-electron chi connectivity index (χ1n) is 9.77. The highest BCUT2D eigenvalue weighted by atomic mass is 79.9. The van der Waals surface area contributed by atoms with Gasteiger partial charge in [0.05, 0.1) is 37.6 Å². The zero-order valence-electron chi connectivity index (χ0n) is 17.7. The second kappa shape index (κ2) is 12.1. The van der Waals surface area contributed by atoms with Gasteiger partial charge in [0.1, 0.15) is 0 Å². The van der Waals surface area contributed by atoms with Crippen LogP contribution in [0.5, 0.6) is 23.0 Å². The minimum atomic E-state index is -0.355. The number of carbonyl (C=O) groups is 1. The van der Waals surface area contributed by atoms with Gasteiger partial charge in [-0.2, -0.15) is 5.10 Å². The normalized spacial score (nSPS) is 10.7. The van der Waals surface area contributed by atoms with Crippen LogP contribution in [-0.4, -0.2) is 39.1 Å². The van der Waals surface area contributed by atoms with E-state index in [2.05, 4.69) is 26.5 Å². The van der Waals surface area contributed by atoms with E-state index in [9.17, 15) is 4.79 Å². The number of hydrazone groups is 1. The van der Waals surface area contributed by atoms with Crippen molar-refractivity contribution in [2.45, 2.75) is 27.2 Å². The van der Waals surface area contributed by atoms with Crippen LogP contribution in [0.1, 0.15) is 43.1 Å². The van der Waals surface area contributed by atoms with Gasteiger partial charge in [-0.3, -0.25) is 4.79 Å². The van der Waals surface area contributed by atoms with E-state index in [1.54, 1.807) is 31.4 Å². The number of hydrogen-bond donors (Lipinski definition) is 1. The summed E-state index contributed by atoms with van der Waals surface area (Å²) in [5.74, 6) is 1.98. The summed E-state index contributed by atoms with van der Waals surface area (Å²) in [6, 6.07) is 8.66. The van der Waals surface area contributed by atoms with Crippen molar-refractivity contribution in [3.05, 3.63) is 45.9 Å². The van der Waals surface area contributed by atoms with Crippen LogP contribution in [-0.2, 0) is 0 Å². The highest BCUT2D eigenvalue weighted by molar-refractivity contribution is 9.10. The fourth-order valence-electron chi connectivity index (χ4n) is 2.58. The minimum Gasteiger partial charge on any atom is -0.493 e. The monoisotopic (exact) mass is 478 g/mol. The Morgan fingerprint density at radius 2 is 1.80 bits per heavy atom. The fraction of sp³-hybridized carbons (Fsp3) is 0.364. The molecule has 30 heavy (non-hydrogen) atoms. The maximum atomic E-state index is 12.5. The zero-order chi connectivity index (χ0) is 21.9. The standard InChI is InChI=1S/C22H27BrN2O5/c1-5-10-30-18-9-8-16(13-19(18)28-6-2)22(26)25-24-14-15-11-17(23)21(29-7-3)20(12-15)27-4/h8-9,11-14H,5-7,10H2,1-4H3,(H,25,26)/b24-14+. The Hall–Kier alpha value is -2.74. The van der Waals surface area contributed by atoms with E-state index in [1.807, 2.05) is 26.8 Å². The molecule has 0 aliphatic rings. The van der Waals surface area contributed by atoms with Crippen LogP contribution in [0.2, 0.25) is 0 Å². The second-order valence-electron chi connectivity index (χ2n) is 6.11. The second-order valence-corrected chi connectivity index (χ2v) is 6.96. The average Bonchev–Trinajstić information content (AvgIpc) is 2.74. The predicted molar refractivity (Wildman–Crippen MR) is 120 cm³/mol. The first-order valence-corrected chi connectivity index (χ1v) is 10.6. The van der Waals surface area contributed by atoms with E-state index >= 15 is 0 Å². The molecule has 0 aromatic heterocycles. The first kappa shape index (κ1) is 23.5. The summed E-state index contributed by atoms with van der Waals surface area (Å²) in [6.45, 7) is 7.38. The molecule has 0 fully saturated rings. The highest BCUT2D eigenvalue weighted by Gasteiger charge is 2.12. The molecular weight excluding hydrogens is 452 g/mol. The molecule has 2 aromatic carbocycles. The molecule has 0 radical (unpaired) electrons. The van der Waals surface area contributed by atoms with Gasteiger partial charge in [0, 0.05) is 5.56 Å². The third kappa shape index (κ3) is 6.38. The van der Waals surface area contributed by atoms with Crippen molar-refractivity contribution in [1.82, 2.24) is 5.43 Å². The molecule has 0 atom stereocenters. The fourth-order valence-corrected chi connectivity index (χ4v) is 3.15. The molecule has 7 nitrogen and oxygen atoms in total. The van der Waals surface area contributed by atoms with E-state index in [0.29, 0.717) is 48.4 Å². The summed E-state index contributed by atoms with van der Waals surface area (Å²) in [4.78, 5) is 12.5. The highest BCUT2D eigenvalue weighted by Crippen LogP contribution is 2.36. The molecule has 0 aliphatic heterocycles. The van der Waals surface area contributed by atoms with Crippen molar-refractivity contribution in [3.8, 4) is 23.0 Å². The van der Waals surface area contributed by atoms with Crippen LogP contribution in [0, 0.1) is 0 Å². The average molecular weight is 479 g/mol. The van der Waals surface area contributed by atoms with Gasteiger partial charge < -0.3 is 18.9 Å². The largest absolute Gasteiger partial charge is 0.493 e. The quantitative estimate of drug-likeness (QED) is 0.370. The van der Waals surface area contributed by atoms with Gasteiger partial charge in [-0.25, -0.2) is 5.43 Å². The van der Waals surface area contributed by atoms with Crippen LogP contribution in [0.3, 0.4) is 0 Å². The molecule has 2 rings (SSSR count). The van der Waals surface area contributed by atoms with Gasteiger partial charge in [0.15, 0.2) is 23.0 Å². The number of ether oxygens (including phenoxy) is 4. The van der Waals surface area contributed by atoms with Crippen molar-refractivity contribution >= 4 is 28.1 Å². The van der Waals surface area contributed by atoms with Crippen molar-refractivity contribution < 1.29 is 23.7 Å². The number of benzene rings is 2. The molecule has 0 saturated carbocycles. The Morgan fingerprint density at radius 3 is 2.47 bits per heavy atom. The molecule has 1 N–H and O–H groups in total. The van der Waals surface area contributed by atoms with Crippen LogP contribution in [0.25, 0.3) is 0 Å². The van der Waals surface area contributed by atoms with Gasteiger partial charge in [-0.05, 0) is 72.1 Å². The maximum absolute atomic E-state index is 12.5. The lowest BCUT2D eigenvalue weighted by Crippen LogP contribution is -2.17. The molecule has 1 amide bonds. The van der Waals surface area contributed by atoms with Gasteiger partial charge >= 0.3 is 0 Å². The van der Waals surface area contributed by atoms with Crippen molar-refractivity contribution in [2.75, 3.05) is 26.9 Å². The lowest BCUT2D eigenvalue weighted by Gasteiger charge is -2.12. The summed E-state index contributed by atoms with van der Waals surface area (Å²) in [7, 11) is 1.57. The molecule has 0 unspecified atom stereocenters. The lowest BCUT2D eigenvalue weighted by atomic mass is 10.2. The van der Waals surface area contributed by atoms with Crippen LogP contribution < -0.4 is 24.4 Å². The first-order chi connectivity index (χ1) is 14.5. The Morgan fingerprint density at radius 1 is 1.03 bits per heavy atom. The lowest BCUT2D eigenvalue weighted by molar-refractivity contribution is 0.0954. The topological polar surface area (TPSA) is 78.4 Å². The van der Waals surface area contributed by atoms with Crippen LogP contribution >= 0.6 is 15.9 Å². The zero-order valence-corrected chi connectivity index (χ0v) is 19.2. The third-order valence-electron chi connectivity index (χ3n) is 3.89. The number of carbonyl (C=O) groups excluding carboxylic acids is 1. The molecule has 0 saturated heterocycles. The number of nitrogens with one attached hydrogen (secondary N) is 1. The Balaban J connectivity index is 2.12. The minimum absolute atomic E-state index is 0.355. The van der Waals surface area contributed by atoms with Gasteiger partial charge in [0.25, 0.3) is 5.91 Å². The summed E-state index contributed by atoms with van der Waals surface area (Å²) >= 11 is 3.46. The van der Waals surface area contributed by atoms with Crippen LogP contribution in [0.4, 0.5) is 0 Å². The summed E-state index contributed by atoms with van der Waals surface area (Å²) in [5, 5.41) is 4.04. The molecular formula is C22H27BrN2O5. The number of amides is 1. The van der Waals surface area contributed by atoms with E-state index < -0.39 is 0 Å². The van der Waals surface area contributed by atoms with E-state index in [0.717, 1.165) is 16.5 Å². The molecule has 0 heterocycles. The Kier molecular flexibility index (Phi) is 9.47. The van der Waals surface area contributed by atoms with E-state index in [4.69, 9.17) is 18.9 Å². The summed E-state index contributed by atoms with van der Waals surface area (Å²) in [6.07, 6.45) is 2.41. The molecule has 8 heteroatoms. The maximum Gasteiger partial charge on any atom is 0.271 e. The van der Waals surface area contributed by atoms with Crippen LogP contribution in [0.15, 0.2) is 39.9 Å². The molecule has 0 bridgehead atoms. The van der Waals surface area contributed by atoms with Crippen molar-refractivity contribution in [3.63, 3.8) is 0 Å². The number of halogens is 1. The number of methoxy groups -OCH3 is 1. The summed E-state index contributed by atoms with van der Waals surface area (Å²) < 4.78 is 22.9. The van der Waals surface area contributed by atoms with Crippen molar-refractivity contribution in [2.24, 2.45) is 5.10 Å². The van der Waals surface area contributed by atoms with Gasteiger partial charge in [-0.15, -0.1) is 0 Å². The summed E-state index contributed by atoms with van der Waals surface area (Å²) in [5.41, 5.74) is 3.68. The number of hydrogen-bond acceptors (Lipinski definition) is 6. The SMILES string of the molecule is CCCOc1ccc(C(=O)N/N=C/c2cc(Br)c(OCC)c(OC)c2)cc1OCC. The Bertz CT molecular complexity index is 886.